The van der Waals surface area contributed by atoms with Crippen molar-refractivity contribution in [2.24, 2.45) is 0 Å². The van der Waals surface area contributed by atoms with Crippen LogP contribution in [0.2, 0.25) is 5.02 Å². The number of hydrogen-bond acceptors (Lipinski definition) is 4. The number of anilines is 1. The van der Waals surface area contributed by atoms with Crippen LogP contribution < -0.4 is 10.2 Å². The van der Waals surface area contributed by atoms with Crippen LogP contribution in [0.3, 0.4) is 0 Å². The molecule has 0 radical (unpaired) electrons. The van der Waals surface area contributed by atoms with Gasteiger partial charge in [-0.15, -0.1) is 0 Å². The molecular weight excluding hydrogens is 368 g/mol. The predicted octanol–water partition coefficient (Wildman–Crippen LogP) is 3.30. The number of carbonyl (C=O) groups excluding carboxylic acids is 3. The van der Waals surface area contributed by atoms with E-state index in [-0.39, 0.29) is 31.5 Å². The van der Waals surface area contributed by atoms with Crippen LogP contribution in [0.5, 0.6) is 0 Å². The summed E-state index contributed by atoms with van der Waals surface area (Å²) in [5.41, 5.74) is 1.18. The lowest BCUT2D eigenvalue weighted by molar-refractivity contribution is -0.116. The summed E-state index contributed by atoms with van der Waals surface area (Å²) >= 11 is 5.89. The Hall–Kier alpha value is -2.86. The summed E-state index contributed by atoms with van der Waals surface area (Å²) in [4.78, 5) is 37.9. The van der Waals surface area contributed by atoms with E-state index in [1.54, 1.807) is 55.5 Å². The highest BCUT2D eigenvalue weighted by Crippen LogP contribution is 2.21. The molecule has 1 N–H and O–H groups in total. The highest BCUT2D eigenvalue weighted by Gasteiger charge is 2.20. The minimum absolute atomic E-state index is 0.206. The fourth-order valence-corrected chi connectivity index (χ4v) is 2.74. The van der Waals surface area contributed by atoms with Gasteiger partial charge in [0.1, 0.15) is 0 Å². The summed E-state index contributed by atoms with van der Waals surface area (Å²) in [5.74, 6) is -1.04. The number of hydrogen-bond donors (Lipinski definition) is 1. The SMILES string of the molecule is CCOC(=O)c1ccccc1N(CCNC(=O)c1cccc(Cl)c1)C(C)=O. The molecule has 27 heavy (non-hydrogen) atoms. The molecule has 0 aromatic heterocycles. The topological polar surface area (TPSA) is 75.7 Å². The highest BCUT2D eigenvalue weighted by molar-refractivity contribution is 6.30. The summed E-state index contributed by atoms with van der Waals surface area (Å²) in [5, 5.41) is 3.22. The maximum absolute atomic E-state index is 12.2. The van der Waals surface area contributed by atoms with Crippen molar-refractivity contribution in [3.8, 4) is 0 Å². The number of benzene rings is 2. The average Bonchev–Trinajstić information content (AvgIpc) is 2.65. The molecule has 2 amide bonds. The minimum atomic E-state index is -0.498. The number of nitrogens with zero attached hydrogens (tertiary/aromatic N) is 1. The number of ether oxygens (including phenoxy) is 1. The predicted molar refractivity (Wildman–Crippen MR) is 104 cm³/mol. The van der Waals surface area contributed by atoms with Crippen molar-refractivity contribution in [1.82, 2.24) is 5.32 Å². The number of halogens is 1. The number of nitrogens with one attached hydrogen (secondary N) is 1. The normalized spacial score (nSPS) is 10.2. The third-order valence-corrected chi connectivity index (χ3v) is 4.01. The summed E-state index contributed by atoms with van der Waals surface area (Å²) in [7, 11) is 0. The second-order valence-corrected chi connectivity index (χ2v) is 6.11. The van der Waals surface area contributed by atoms with Crippen LogP contribution >= 0.6 is 11.6 Å². The first kappa shape index (κ1) is 20.5. The van der Waals surface area contributed by atoms with E-state index < -0.39 is 5.97 Å². The highest BCUT2D eigenvalue weighted by atomic mass is 35.5. The number of rotatable bonds is 7. The monoisotopic (exact) mass is 388 g/mol. The maximum atomic E-state index is 12.2. The zero-order valence-corrected chi connectivity index (χ0v) is 16.0. The van der Waals surface area contributed by atoms with Crippen LogP contribution in [0.15, 0.2) is 48.5 Å². The molecule has 0 heterocycles. The molecule has 0 saturated heterocycles. The van der Waals surface area contributed by atoms with Gasteiger partial charge in [-0.25, -0.2) is 4.79 Å². The van der Waals surface area contributed by atoms with Crippen molar-refractivity contribution in [1.29, 1.82) is 0 Å². The van der Waals surface area contributed by atoms with E-state index in [0.717, 1.165) is 0 Å². The smallest absolute Gasteiger partial charge is 0.340 e. The first-order chi connectivity index (χ1) is 12.9. The Labute approximate surface area is 163 Å². The van der Waals surface area contributed by atoms with Gasteiger partial charge < -0.3 is 15.0 Å². The first-order valence-electron chi connectivity index (χ1n) is 8.52. The second kappa shape index (κ2) is 9.73. The van der Waals surface area contributed by atoms with E-state index in [2.05, 4.69) is 5.32 Å². The summed E-state index contributed by atoms with van der Waals surface area (Å²) in [6.07, 6.45) is 0. The number of para-hydroxylation sites is 1. The quantitative estimate of drug-likeness (QED) is 0.738. The molecule has 0 aliphatic carbocycles. The molecule has 0 atom stereocenters. The Morgan fingerprint density at radius 1 is 1.11 bits per heavy atom. The van der Waals surface area contributed by atoms with Gasteiger partial charge in [0, 0.05) is 30.6 Å². The van der Waals surface area contributed by atoms with E-state index >= 15 is 0 Å². The molecule has 0 unspecified atom stereocenters. The number of amides is 2. The van der Waals surface area contributed by atoms with Crippen LogP contribution in [0.25, 0.3) is 0 Å². The second-order valence-electron chi connectivity index (χ2n) is 5.67. The molecule has 2 rings (SSSR count). The molecule has 6 nitrogen and oxygen atoms in total. The Morgan fingerprint density at radius 3 is 2.52 bits per heavy atom. The van der Waals surface area contributed by atoms with Gasteiger partial charge in [-0.05, 0) is 37.3 Å². The van der Waals surface area contributed by atoms with Gasteiger partial charge in [0.25, 0.3) is 5.91 Å². The number of esters is 1. The van der Waals surface area contributed by atoms with Crippen LogP contribution in [-0.4, -0.2) is 37.5 Å². The Kier molecular flexibility index (Phi) is 7.37. The molecule has 0 spiro atoms. The van der Waals surface area contributed by atoms with Crippen LogP contribution in [0.1, 0.15) is 34.6 Å². The van der Waals surface area contributed by atoms with Gasteiger partial charge in [-0.1, -0.05) is 29.8 Å². The molecule has 7 heteroatoms. The molecular formula is C20H21ClN2O4. The summed E-state index contributed by atoms with van der Waals surface area (Å²) < 4.78 is 5.05. The van der Waals surface area contributed by atoms with E-state index in [9.17, 15) is 14.4 Å². The van der Waals surface area contributed by atoms with Gasteiger partial charge in [-0.2, -0.15) is 0 Å². The van der Waals surface area contributed by atoms with Gasteiger partial charge >= 0.3 is 5.97 Å². The van der Waals surface area contributed by atoms with Crippen molar-refractivity contribution in [2.45, 2.75) is 13.8 Å². The Balaban J connectivity index is 2.10. The lowest BCUT2D eigenvalue weighted by Gasteiger charge is -2.23. The van der Waals surface area contributed by atoms with E-state index in [4.69, 9.17) is 16.3 Å². The Morgan fingerprint density at radius 2 is 1.85 bits per heavy atom. The first-order valence-corrected chi connectivity index (χ1v) is 8.89. The van der Waals surface area contributed by atoms with Crippen molar-refractivity contribution in [2.75, 3.05) is 24.6 Å². The molecule has 2 aromatic carbocycles. The van der Waals surface area contributed by atoms with Crippen molar-refractivity contribution < 1.29 is 19.1 Å². The van der Waals surface area contributed by atoms with Crippen molar-refractivity contribution >= 4 is 35.1 Å². The lowest BCUT2D eigenvalue weighted by atomic mass is 10.1. The van der Waals surface area contributed by atoms with Gasteiger partial charge in [0.2, 0.25) is 5.91 Å². The molecule has 0 aliphatic heterocycles. The average molecular weight is 389 g/mol. The third kappa shape index (κ3) is 5.56. The third-order valence-electron chi connectivity index (χ3n) is 3.78. The zero-order chi connectivity index (χ0) is 19.8. The van der Waals surface area contributed by atoms with E-state index in [1.807, 2.05) is 0 Å². The van der Waals surface area contributed by atoms with Crippen LogP contribution in [-0.2, 0) is 9.53 Å². The van der Waals surface area contributed by atoms with Gasteiger partial charge in [-0.3, -0.25) is 9.59 Å². The lowest BCUT2D eigenvalue weighted by Crippen LogP contribution is -2.38. The molecule has 2 aromatic rings. The zero-order valence-electron chi connectivity index (χ0n) is 15.2. The van der Waals surface area contributed by atoms with E-state index in [0.29, 0.717) is 21.8 Å². The van der Waals surface area contributed by atoms with Gasteiger partial charge in [0.05, 0.1) is 17.9 Å². The molecule has 0 saturated carbocycles. The largest absolute Gasteiger partial charge is 0.462 e. The summed E-state index contributed by atoms with van der Waals surface area (Å²) in [6.45, 7) is 3.78. The Bertz CT molecular complexity index is 838. The summed E-state index contributed by atoms with van der Waals surface area (Å²) in [6, 6.07) is 13.3. The van der Waals surface area contributed by atoms with Gasteiger partial charge in [0.15, 0.2) is 0 Å². The molecule has 0 aliphatic rings. The van der Waals surface area contributed by atoms with Crippen molar-refractivity contribution in [3.05, 3.63) is 64.7 Å². The fraction of sp³-hybridized carbons (Fsp3) is 0.250. The minimum Gasteiger partial charge on any atom is -0.462 e. The van der Waals surface area contributed by atoms with Crippen molar-refractivity contribution in [3.63, 3.8) is 0 Å². The standard InChI is InChI=1S/C20H21ClN2O4/c1-3-27-20(26)17-9-4-5-10-18(17)23(14(2)24)12-11-22-19(25)15-7-6-8-16(21)13-15/h4-10,13H,3,11-12H2,1-2H3,(H,22,25). The molecule has 0 bridgehead atoms. The maximum Gasteiger partial charge on any atom is 0.340 e. The molecule has 0 fully saturated rings. The van der Waals surface area contributed by atoms with Crippen LogP contribution in [0.4, 0.5) is 5.69 Å². The van der Waals surface area contributed by atoms with E-state index in [1.165, 1.54) is 11.8 Å². The molecule has 142 valence electrons. The number of carbonyl (C=O) groups is 3. The van der Waals surface area contributed by atoms with Crippen LogP contribution in [0, 0.1) is 0 Å². The fourth-order valence-electron chi connectivity index (χ4n) is 2.55.